The van der Waals surface area contributed by atoms with Gasteiger partial charge in [-0.2, -0.15) is 0 Å². The van der Waals surface area contributed by atoms with Crippen molar-refractivity contribution in [3.63, 3.8) is 0 Å². The summed E-state index contributed by atoms with van der Waals surface area (Å²) in [6.07, 6.45) is 0. The molecule has 80 valence electrons. The second-order valence-electron chi connectivity index (χ2n) is 3.42. The van der Waals surface area contributed by atoms with Crippen molar-refractivity contribution in [3.8, 4) is 10.6 Å². The summed E-state index contributed by atoms with van der Waals surface area (Å²) in [6.45, 7) is 0. The number of fused-ring (bicyclic) bond motifs is 1. The molecule has 3 rings (SSSR count). The summed E-state index contributed by atoms with van der Waals surface area (Å²) in [5, 5.41) is 6.53. The van der Waals surface area contributed by atoms with Crippen LogP contribution < -0.4 is 0 Å². The number of nitrogens with zero attached hydrogens (tertiary/aromatic N) is 1. The third-order valence-corrected chi connectivity index (χ3v) is 4.56. The van der Waals surface area contributed by atoms with Gasteiger partial charge in [0.1, 0.15) is 5.01 Å². The highest BCUT2D eigenvalue weighted by atomic mass is 35.5. The highest BCUT2D eigenvalue weighted by Gasteiger charge is 2.09. The summed E-state index contributed by atoms with van der Waals surface area (Å²) in [5.41, 5.74) is 2.18. The van der Waals surface area contributed by atoms with Gasteiger partial charge in [0.05, 0.1) is 11.6 Å². The van der Waals surface area contributed by atoms with Crippen LogP contribution in [0.15, 0.2) is 35.0 Å². The Morgan fingerprint density at radius 2 is 2.00 bits per heavy atom. The fourth-order valence-corrected chi connectivity index (χ4v) is 3.73. The first-order valence-electron chi connectivity index (χ1n) is 4.85. The Kier molecular flexibility index (Phi) is 2.67. The fraction of sp³-hybridized carbons (Fsp3) is 0.0833. The van der Waals surface area contributed by atoms with Crippen molar-refractivity contribution in [2.45, 2.75) is 5.88 Å². The lowest BCUT2D eigenvalue weighted by molar-refractivity contribution is 1.23. The van der Waals surface area contributed by atoms with Gasteiger partial charge >= 0.3 is 0 Å². The number of hydrogen-bond acceptors (Lipinski definition) is 3. The van der Waals surface area contributed by atoms with Crippen molar-refractivity contribution in [1.82, 2.24) is 4.98 Å². The number of rotatable bonds is 2. The second-order valence-corrected chi connectivity index (χ2v) is 5.46. The zero-order valence-corrected chi connectivity index (χ0v) is 10.7. The molecule has 0 radical (unpaired) electrons. The summed E-state index contributed by atoms with van der Waals surface area (Å²) < 4.78 is 1.31. The molecule has 0 saturated carbocycles. The Hall–Kier alpha value is -0.900. The van der Waals surface area contributed by atoms with E-state index in [2.05, 4.69) is 34.6 Å². The van der Waals surface area contributed by atoms with Gasteiger partial charge in [-0.1, -0.05) is 18.2 Å². The van der Waals surface area contributed by atoms with Crippen LogP contribution in [0.25, 0.3) is 20.7 Å². The van der Waals surface area contributed by atoms with E-state index in [0.29, 0.717) is 5.88 Å². The molecule has 0 saturated heterocycles. The van der Waals surface area contributed by atoms with E-state index < -0.39 is 0 Å². The monoisotopic (exact) mass is 265 g/mol. The van der Waals surface area contributed by atoms with Gasteiger partial charge in [-0.25, -0.2) is 4.98 Å². The normalized spacial score (nSPS) is 11.1. The fourth-order valence-electron chi connectivity index (χ4n) is 1.64. The molecule has 2 aromatic heterocycles. The number of thiazole rings is 1. The highest BCUT2D eigenvalue weighted by molar-refractivity contribution is 7.18. The van der Waals surface area contributed by atoms with Gasteiger partial charge in [0, 0.05) is 26.4 Å². The van der Waals surface area contributed by atoms with E-state index in [9.17, 15) is 0 Å². The lowest BCUT2D eigenvalue weighted by atomic mass is 10.2. The Morgan fingerprint density at radius 1 is 1.12 bits per heavy atom. The predicted molar refractivity (Wildman–Crippen MR) is 72.5 cm³/mol. The first kappa shape index (κ1) is 10.3. The average molecular weight is 266 g/mol. The molecule has 3 aromatic rings. The minimum absolute atomic E-state index is 0.485. The quantitative estimate of drug-likeness (QED) is 0.609. The Bertz CT molecular complexity index is 627. The number of hydrogen-bond donors (Lipinski definition) is 0. The van der Waals surface area contributed by atoms with Crippen LogP contribution in [0.4, 0.5) is 0 Å². The molecule has 0 atom stereocenters. The first-order chi connectivity index (χ1) is 7.88. The Labute approximate surface area is 106 Å². The van der Waals surface area contributed by atoms with Gasteiger partial charge in [-0.3, -0.25) is 0 Å². The van der Waals surface area contributed by atoms with Crippen LogP contribution >= 0.6 is 34.3 Å². The molecule has 0 unspecified atom stereocenters. The molecule has 4 heteroatoms. The Morgan fingerprint density at radius 3 is 2.81 bits per heavy atom. The number of thiophene rings is 1. The van der Waals surface area contributed by atoms with E-state index in [-0.39, 0.29) is 0 Å². The van der Waals surface area contributed by atoms with E-state index in [4.69, 9.17) is 11.6 Å². The average Bonchev–Trinajstić information content (AvgIpc) is 2.94. The molecular weight excluding hydrogens is 258 g/mol. The maximum absolute atomic E-state index is 5.77. The van der Waals surface area contributed by atoms with Gasteiger partial charge in [0.2, 0.25) is 0 Å². The lowest BCUT2D eigenvalue weighted by Gasteiger charge is -1.93. The minimum atomic E-state index is 0.485. The molecule has 0 spiro atoms. The molecule has 0 aliphatic carbocycles. The van der Waals surface area contributed by atoms with Gasteiger partial charge in [-0.15, -0.1) is 34.3 Å². The standard InChI is InChI=1S/C12H8ClNS2/c13-5-8-6-16-12(14-8)10-7-15-11-4-2-1-3-9(10)11/h1-4,6-7H,5H2. The topological polar surface area (TPSA) is 12.9 Å². The number of aromatic nitrogens is 1. The summed E-state index contributed by atoms with van der Waals surface area (Å²) >= 11 is 9.18. The second kappa shape index (κ2) is 4.17. The summed E-state index contributed by atoms with van der Waals surface area (Å²) in [5.74, 6) is 0.485. The maximum Gasteiger partial charge on any atom is 0.125 e. The summed E-state index contributed by atoms with van der Waals surface area (Å²) in [4.78, 5) is 4.51. The molecule has 0 N–H and O–H groups in total. The minimum Gasteiger partial charge on any atom is -0.240 e. The van der Waals surface area contributed by atoms with E-state index in [1.165, 1.54) is 15.6 Å². The van der Waals surface area contributed by atoms with Gasteiger partial charge in [-0.05, 0) is 6.07 Å². The maximum atomic E-state index is 5.77. The van der Waals surface area contributed by atoms with Crippen LogP contribution in [-0.4, -0.2) is 4.98 Å². The van der Waals surface area contributed by atoms with E-state index >= 15 is 0 Å². The molecule has 0 aliphatic rings. The first-order valence-corrected chi connectivity index (χ1v) is 7.15. The zero-order chi connectivity index (χ0) is 11.0. The van der Waals surface area contributed by atoms with Crippen LogP contribution in [0.1, 0.15) is 5.69 Å². The van der Waals surface area contributed by atoms with Gasteiger partial charge in [0.15, 0.2) is 0 Å². The molecule has 0 amide bonds. The Balaban J connectivity index is 2.18. The summed E-state index contributed by atoms with van der Waals surface area (Å²) in [7, 11) is 0. The highest BCUT2D eigenvalue weighted by Crippen LogP contribution is 2.35. The largest absolute Gasteiger partial charge is 0.240 e. The zero-order valence-electron chi connectivity index (χ0n) is 8.31. The van der Waals surface area contributed by atoms with Crippen molar-refractivity contribution in [2.24, 2.45) is 0 Å². The van der Waals surface area contributed by atoms with Crippen molar-refractivity contribution in [2.75, 3.05) is 0 Å². The predicted octanol–water partition coefficient (Wildman–Crippen LogP) is 4.76. The molecule has 1 nitrogen and oxygen atoms in total. The molecule has 0 aliphatic heterocycles. The van der Waals surface area contributed by atoms with E-state index in [1.54, 1.807) is 22.7 Å². The van der Waals surface area contributed by atoms with Gasteiger partial charge < -0.3 is 0 Å². The number of benzene rings is 1. The SMILES string of the molecule is ClCc1csc(-c2csc3ccccc23)n1. The third kappa shape index (κ3) is 1.65. The number of halogens is 1. The summed E-state index contributed by atoms with van der Waals surface area (Å²) in [6, 6.07) is 8.41. The molecule has 2 heterocycles. The smallest absolute Gasteiger partial charge is 0.125 e. The van der Waals surface area contributed by atoms with Crippen molar-refractivity contribution >= 4 is 44.4 Å². The van der Waals surface area contributed by atoms with Crippen molar-refractivity contribution in [1.29, 1.82) is 0 Å². The third-order valence-electron chi connectivity index (χ3n) is 2.40. The van der Waals surface area contributed by atoms with Crippen LogP contribution in [0.3, 0.4) is 0 Å². The number of alkyl halides is 1. The van der Waals surface area contributed by atoms with Gasteiger partial charge in [0.25, 0.3) is 0 Å². The van der Waals surface area contributed by atoms with Crippen LogP contribution in [-0.2, 0) is 5.88 Å². The lowest BCUT2D eigenvalue weighted by Crippen LogP contribution is -1.77. The van der Waals surface area contributed by atoms with Crippen LogP contribution in [0.5, 0.6) is 0 Å². The van der Waals surface area contributed by atoms with E-state index in [0.717, 1.165) is 10.7 Å². The molecule has 0 fully saturated rings. The van der Waals surface area contributed by atoms with E-state index in [1.807, 2.05) is 5.38 Å². The van der Waals surface area contributed by atoms with Crippen molar-refractivity contribution < 1.29 is 0 Å². The van der Waals surface area contributed by atoms with Crippen LogP contribution in [0.2, 0.25) is 0 Å². The molecular formula is C12H8ClNS2. The molecule has 16 heavy (non-hydrogen) atoms. The molecule has 0 bridgehead atoms. The molecule has 1 aromatic carbocycles. The van der Waals surface area contributed by atoms with Crippen molar-refractivity contribution in [3.05, 3.63) is 40.7 Å². The van der Waals surface area contributed by atoms with Crippen LogP contribution in [0, 0.1) is 0 Å².